The number of rotatable bonds is 4. The van der Waals surface area contributed by atoms with Crippen LogP contribution < -0.4 is 5.32 Å². The zero-order valence-corrected chi connectivity index (χ0v) is 15.4. The van der Waals surface area contributed by atoms with E-state index in [2.05, 4.69) is 22.2 Å². The van der Waals surface area contributed by atoms with E-state index in [1.165, 1.54) is 11.4 Å². The maximum Gasteiger partial charge on any atom is 0.321 e. The number of likely N-dealkylation sites (tertiary alicyclic amines) is 1. The van der Waals surface area contributed by atoms with Crippen LogP contribution in [0.4, 0.5) is 10.5 Å². The average molecular weight is 363 g/mol. The van der Waals surface area contributed by atoms with Crippen LogP contribution in [0.1, 0.15) is 24.3 Å². The van der Waals surface area contributed by atoms with Gasteiger partial charge in [-0.2, -0.15) is 11.3 Å². The Labute approximate surface area is 150 Å². The molecule has 1 N–H and O–H groups in total. The van der Waals surface area contributed by atoms with Crippen LogP contribution in [-0.4, -0.2) is 47.0 Å². The molecule has 0 aromatic carbocycles. The van der Waals surface area contributed by atoms with Crippen LogP contribution in [-0.2, 0) is 6.54 Å². The van der Waals surface area contributed by atoms with Crippen molar-refractivity contribution in [3.05, 3.63) is 33.4 Å². The summed E-state index contributed by atoms with van der Waals surface area (Å²) in [5.74, 6) is 0. The quantitative estimate of drug-likeness (QED) is 0.902. The second-order valence-electron chi connectivity index (χ2n) is 6.85. The van der Waals surface area contributed by atoms with Crippen LogP contribution in [0.25, 0.3) is 0 Å². The van der Waals surface area contributed by atoms with E-state index in [0.717, 1.165) is 38.2 Å². The van der Waals surface area contributed by atoms with Gasteiger partial charge in [0.25, 0.3) is 0 Å². The topological polar surface area (TPSA) is 48.5 Å². The normalized spacial score (nSPS) is 22.1. The monoisotopic (exact) mass is 362 g/mol. The van der Waals surface area contributed by atoms with Crippen molar-refractivity contribution < 1.29 is 4.79 Å². The maximum absolute atomic E-state index is 12.3. The molecule has 2 amide bonds. The molecule has 0 radical (unpaired) electrons. The minimum Gasteiger partial charge on any atom is -0.324 e. The average Bonchev–Trinajstić information content (AvgIpc) is 2.99. The molecule has 0 bridgehead atoms. The molecule has 4 rings (SSSR count). The third kappa shape index (κ3) is 3.20. The summed E-state index contributed by atoms with van der Waals surface area (Å²) in [4.78, 5) is 21.1. The molecule has 1 aliphatic heterocycles. The fourth-order valence-corrected chi connectivity index (χ4v) is 5.10. The SMILES string of the molecule is CN(Cc1nccs1)[C@H]1CC12CCN(C(=O)Nc1ccsc1)CC2. The first-order valence-corrected chi connectivity index (χ1v) is 10.2. The van der Waals surface area contributed by atoms with Crippen molar-refractivity contribution >= 4 is 34.4 Å². The molecule has 128 valence electrons. The highest BCUT2D eigenvalue weighted by Crippen LogP contribution is 2.56. The van der Waals surface area contributed by atoms with Crippen molar-refractivity contribution in [1.82, 2.24) is 14.8 Å². The summed E-state index contributed by atoms with van der Waals surface area (Å²) in [5, 5.41) is 10.2. The Bertz CT molecular complexity index is 678. The molecule has 2 aromatic heterocycles. The summed E-state index contributed by atoms with van der Waals surface area (Å²) in [7, 11) is 2.20. The van der Waals surface area contributed by atoms with E-state index < -0.39 is 0 Å². The highest BCUT2D eigenvalue weighted by molar-refractivity contribution is 7.09. The van der Waals surface area contributed by atoms with E-state index in [4.69, 9.17) is 0 Å². The molecule has 1 saturated carbocycles. The maximum atomic E-state index is 12.3. The number of nitrogens with zero attached hydrogens (tertiary/aromatic N) is 3. The number of thiophene rings is 1. The van der Waals surface area contributed by atoms with Gasteiger partial charge >= 0.3 is 6.03 Å². The van der Waals surface area contributed by atoms with Crippen LogP contribution in [0.15, 0.2) is 28.4 Å². The lowest BCUT2D eigenvalue weighted by atomic mass is 9.92. The molecule has 2 aliphatic rings. The summed E-state index contributed by atoms with van der Waals surface area (Å²) >= 11 is 3.32. The van der Waals surface area contributed by atoms with Gasteiger partial charge in [0.1, 0.15) is 5.01 Å². The number of piperidine rings is 1. The lowest BCUT2D eigenvalue weighted by Crippen LogP contribution is -2.43. The molecule has 1 aliphatic carbocycles. The molecule has 24 heavy (non-hydrogen) atoms. The zero-order valence-electron chi connectivity index (χ0n) is 13.8. The van der Waals surface area contributed by atoms with Crippen molar-refractivity contribution in [3.8, 4) is 0 Å². The highest BCUT2D eigenvalue weighted by atomic mass is 32.1. The Morgan fingerprint density at radius 1 is 1.46 bits per heavy atom. The number of carbonyl (C=O) groups is 1. The van der Waals surface area contributed by atoms with Crippen molar-refractivity contribution in [2.75, 3.05) is 25.5 Å². The molecule has 2 fully saturated rings. The molecular weight excluding hydrogens is 340 g/mol. The Morgan fingerprint density at radius 3 is 2.96 bits per heavy atom. The first-order chi connectivity index (χ1) is 11.7. The Hall–Kier alpha value is -1.44. The van der Waals surface area contributed by atoms with Gasteiger partial charge in [0.15, 0.2) is 0 Å². The van der Waals surface area contributed by atoms with Gasteiger partial charge in [-0.1, -0.05) is 0 Å². The second kappa shape index (κ2) is 6.46. The predicted octanol–water partition coefficient (Wildman–Crippen LogP) is 3.72. The molecule has 1 atom stereocenters. The first kappa shape index (κ1) is 16.1. The molecule has 0 unspecified atom stereocenters. The zero-order chi connectivity index (χ0) is 16.6. The van der Waals surface area contributed by atoms with Crippen molar-refractivity contribution in [1.29, 1.82) is 0 Å². The summed E-state index contributed by atoms with van der Waals surface area (Å²) in [6.07, 6.45) is 5.35. The first-order valence-electron chi connectivity index (χ1n) is 8.33. The number of anilines is 1. The van der Waals surface area contributed by atoms with Crippen molar-refractivity contribution in [2.24, 2.45) is 5.41 Å². The molecule has 3 heterocycles. The van der Waals surface area contributed by atoms with Gasteiger partial charge in [0.05, 0.1) is 12.2 Å². The number of thiazole rings is 1. The molecule has 7 heteroatoms. The van der Waals surface area contributed by atoms with Gasteiger partial charge in [-0.25, -0.2) is 9.78 Å². The molecule has 2 aromatic rings. The van der Waals surface area contributed by atoms with Crippen LogP contribution in [0.5, 0.6) is 0 Å². The van der Waals surface area contributed by atoms with Gasteiger partial charge < -0.3 is 10.2 Å². The van der Waals surface area contributed by atoms with Gasteiger partial charge in [-0.05, 0) is 43.2 Å². The second-order valence-corrected chi connectivity index (χ2v) is 8.61. The van der Waals surface area contributed by atoms with Crippen molar-refractivity contribution in [2.45, 2.75) is 31.8 Å². The molecule has 1 spiro atoms. The number of hydrogen-bond donors (Lipinski definition) is 1. The predicted molar refractivity (Wildman–Crippen MR) is 98.6 cm³/mol. The Kier molecular flexibility index (Phi) is 4.32. The standard InChI is InChI=1S/C17H22N4OS2/c1-20(11-15-18-5-9-24-15)14-10-17(14)3-6-21(7-4-17)16(22)19-13-2-8-23-12-13/h2,5,8-9,12,14H,3-4,6-7,10-11H2,1H3,(H,19,22)/t14-/m0/s1. The molecule has 5 nitrogen and oxygen atoms in total. The Balaban J connectivity index is 1.28. The van der Waals surface area contributed by atoms with Gasteiger partial charge in [-0.15, -0.1) is 11.3 Å². The number of carbonyl (C=O) groups excluding carboxylic acids is 1. The van der Waals surface area contributed by atoms with Crippen LogP contribution in [0.2, 0.25) is 0 Å². The smallest absolute Gasteiger partial charge is 0.321 e. The summed E-state index contributed by atoms with van der Waals surface area (Å²) < 4.78 is 0. The van der Waals surface area contributed by atoms with Crippen LogP contribution in [0, 0.1) is 5.41 Å². The van der Waals surface area contributed by atoms with Gasteiger partial charge in [0, 0.05) is 36.1 Å². The van der Waals surface area contributed by atoms with E-state index in [-0.39, 0.29) is 6.03 Å². The fourth-order valence-electron chi connectivity index (χ4n) is 3.83. The van der Waals surface area contributed by atoms with Gasteiger partial charge in [0.2, 0.25) is 0 Å². The third-order valence-corrected chi connectivity index (χ3v) is 6.81. The fraction of sp³-hybridized carbons (Fsp3) is 0.529. The van der Waals surface area contributed by atoms with Crippen LogP contribution in [0.3, 0.4) is 0 Å². The lowest BCUT2D eigenvalue weighted by molar-refractivity contribution is 0.157. The Morgan fingerprint density at radius 2 is 2.29 bits per heavy atom. The lowest BCUT2D eigenvalue weighted by Gasteiger charge is -2.34. The number of hydrogen-bond acceptors (Lipinski definition) is 5. The summed E-state index contributed by atoms with van der Waals surface area (Å²) in [6.45, 7) is 2.65. The molecular formula is C17H22N4OS2. The van der Waals surface area contributed by atoms with E-state index in [9.17, 15) is 4.79 Å². The summed E-state index contributed by atoms with van der Waals surface area (Å²) in [5.41, 5.74) is 1.32. The minimum absolute atomic E-state index is 0.0385. The third-order valence-electron chi connectivity index (χ3n) is 5.37. The largest absolute Gasteiger partial charge is 0.324 e. The number of urea groups is 1. The minimum atomic E-state index is 0.0385. The number of nitrogens with one attached hydrogen (secondary N) is 1. The van der Waals surface area contributed by atoms with Gasteiger partial charge in [-0.3, -0.25) is 4.90 Å². The summed E-state index contributed by atoms with van der Waals surface area (Å²) in [6, 6.07) is 2.62. The highest BCUT2D eigenvalue weighted by Gasteiger charge is 2.56. The number of aromatic nitrogens is 1. The van der Waals surface area contributed by atoms with E-state index >= 15 is 0 Å². The van der Waals surface area contributed by atoms with Crippen molar-refractivity contribution in [3.63, 3.8) is 0 Å². The van der Waals surface area contributed by atoms with E-state index in [0.29, 0.717) is 11.5 Å². The van der Waals surface area contributed by atoms with Crippen LogP contribution >= 0.6 is 22.7 Å². The number of amides is 2. The van der Waals surface area contributed by atoms with E-state index in [1.807, 2.05) is 33.3 Å². The van der Waals surface area contributed by atoms with E-state index in [1.54, 1.807) is 22.7 Å². The molecule has 1 saturated heterocycles.